The second-order valence-electron chi connectivity index (χ2n) is 4.66. The third-order valence-electron chi connectivity index (χ3n) is 3.45. The van der Waals surface area contributed by atoms with Crippen LogP contribution in [-0.2, 0) is 6.42 Å². The second-order valence-corrected chi connectivity index (χ2v) is 4.66. The van der Waals surface area contributed by atoms with Crippen molar-refractivity contribution in [2.24, 2.45) is 5.73 Å². The molecule has 6 nitrogen and oxygen atoms in total. The van der Waals surface area contributed by atoms with Gasteiger partial charge in [-0.05, 0) is 30.0 Å². The summed E-state index contributed by atoms with van der Waals surface area (Å²) in [6.07, 6.45) is 2.29. The molecule has 1 aromatic carbocycles. The lowest BCUT2D eigenvalue weighted by atomic mass is 9.97. The Labute approximate surface area is 105 Å². The van der Waals surface area contributed by atoms with Crippen LogP contribution in [0.2, 0.25) is 0 Å². The lowest BCUT2D eigenvalue weighted by Gasteiger charge is -2.28. The van der Waals surface area contributed by atoms with Crippen LogP contribution in [0.4, 0.5) is 5.69 Å². The molecule has 1 unspecified atom stereocenters. The van der Waals surface area contributed by atoms with Crippen molar-refractivity contribution < 1.29 is 0 Å². The number of benzene rings is 1. The fourth-order valence-electron chi connectivity index (χ4n) is 2.45. The van der Waals surface area contributed by atoms with Crippen LogP contribution in [0.15, 0.2) is 18.2 Å². The number of fused-ring (bicyclic) bond motifs is 1. The van der Waals surface area contributed by atoms with E-state index in [2.05, 4.69) is 44.7 Å². The highest BCUT2D eigenvalue weighted by Gasteiger charge is 2.18. The van der Waals surface area contributed by atoms with Gasteiger partial charge in [0, 0.05) is 19.3 Å². The van der Waals surface area contributed by atoms with Crippen molar-refractivity contribution in [3.63, 3.8) is 0 Å². The van der Waals surface area contributed by atoms with Gasteiger partial charge in [-0.25, -0.2) is 0 Å². The monoisotopic (exact) mass is 244 g/mol. The summed E-state index contributed by atoms with van der Waals surface area (Å²) in [7, 11) is 2.12. The number of H-pyrrole nitrogens is 1. The number of nitrogens with zero attached hydrogens (tertiary/aromatic N) is 4. The van der Waals surface area contributed by atoms with Crippen LogP contribution in [0.3, 0.4) is 0 Å². The van der Waals surface area contributed by atoms with Gasteiger partial charge in [-0.15, -0.1) is 10.2 Å². The number of aromatic nitrogens is 4. The summed E-state index contributed by atoms with van der Waals surface area (Å²) >= 11 is 0. The van der Waals surface area contributed by atoms with E-state index in [9.17, 15) is 0 Å². The summed E-state index contributed by atoms with van der Waals surface area (Å²) < 4.78 is 0. The first kappa shape index (κ1) is 11.2. The highest BCUT2D eigenvalue weighted by Crippen LogP contribution is 2.29. The summed E-state index contributed by atoms with van der Waals surface area (Å²) in [4.78, 5) is 2.28. The van der Waals surface area contributed by atoms with Gasteiger partial charge in [0.25, 0.3) is 0 Å². The largest absolute Gasteiger partial charge is 0.374 e. The number of nitrogens with two attached hydrogens (primary N) is 1. The van der Waals surface area contributed by atoms with Crippen LogP contribution in [0, 0.1) is 0 Å². The molecule has 2 heterocycles. The fraction of sp³-hybridized carbons (Fsp3) is 0.417. The molecule has 1 aromatic heterocycles. The van der Waals surface area contributed by atoms with Gasteiger partial charge >= 0.3 is 0 Å². The van der Waals surface area contributed by atoms with Gasteiger partial charge in [-0.3, -0.25) is 0 Å². The van der Waals surface area contributed by atoms with Crippen molar-refractivity contribution in [2.75, 3.05) is 18.5 Å². The van der Waals surface area contributed by atoms with Crippen LogP contribution in [0.25, 0.3) is 0 Å². The quantitative estimate of drug-likeness (QED) is 0.809. The van der Waals surface area contributed by atoms with Crippen LogP contribution in [-0.4, -0.2) is 34.2 Å². The molecule has 6 heteroatoms. The number of nitrogens with one attached hydrogen (secondary N) is 1. The zero-order valence-electron chi connectivity index (χ0n) is 10.3. The number of aryl methyl sites for hydroxylation is 1. The highest BCUT2D eigenvalue weighted by molar-refractivity contribution is 5.56. The summed E-state index contributed by atoms with van der Waals surface area (Å²) in [5.74, 6) is 0.527. The lowest BCUT2D eigenvalue weighted by Crippen LogP contribution is -2.25. The van der Waals surface area contributed by atoms with E-state index in [0.29, 0.717) is 5.82 Å². The Morgan fingerprint density at radius 3 is 3.11 bits per heavy atom. The highest BCUT2D eigenvalue weighted by atomic mass is 15.5. The van der Waals surface area contributed by atoms with Gasteiger partial charge in [0.1, 0.15) is 0 Å². The molecule has 3 rings (SSSR count). The Kier molecular flexibility index (Phi) is 2.71. The molecule has 1 atom stereocenters. The standard InChI is InChI=1S/C12H16N6/c1-18-6-2-3-8-7-9(4-5-10(8)18)11(13)12-14-16-17-15-12/h4-5,7,11H,2-3,6,13H2,1H3,(H,14,15,16,17). The van der Waals surface area contributed by atoms with E-state index in [1.54, 1.807) is 0 Å². The number of rotatable bonds is 2. The molecule has 0 spiro atoms. The molecular formula is C12H16N6. The van der Waals surface area contributed by atoms with Crippen LogP contribution in [0.1, 0.15) is 29.4 Å². The van der Waals surface area contributed by atoms with Gasteiger partial charge < -0.3 is 10.6 Å². The Hall–Kier alpha value is -1.95. The topological polar surface area (TPSA) is 83.7 Å². The average molecular weight is 244 g/mol. The summed E-state index contributed by atoms with van der Waals surface area (Å²) in [6, 6.07) is 6.01. The molecule has 0 radical (unpaired) electrons. The zero-order valence-corrected chi connectivity index (χ0v) is 10.3. The Morgan fingerprint density at radius 2 is 2.33 bits per heavy atom. The smallest absolute Gasteiger partial charge is 0.195 e. The van der Waals surface area contributed by atoms with Gasteiger partial charge in [0.15, 0.2) is 5.82 Å². The number of anilines is 1. The maximum atomic E-state index is 6.13. The zero-order chi connectivity index (χ0) is 12.5. The summed E-state index contributed by atoms with van der Waals surface area (Å²) in [5, 5.41) is 13.8. The molecule has 1 aliphatic rings. The van der Waals surface area contributed by atoms with Crippen molar-refractivity contribution in [1.29, 1.82) is 0 Å². The average Bonchev–Trinajstić information content (AvgIpc) is 2.91. The normalized spacial score (nSPS) is 16.4. The lowest BCUT2D eigenvalue weighted by molar-refractivity contribution is 0.735. The Bertz CT molecular complexity index is 536. The van der Waals surface area contributed by atoms with Crippen molar-refractivity contribution in [2.45, 2.75) is 18.9 Å². The van der Waals surface area contributed by atoms with E-state index in [-0.39, 0.29) is 6.04 Å². The van der Waals surface area contributed by atoms with E-state index < -0.39 is 0 Å². The number of hydrogen-bond acceptors (Lipinski definition) is 5. The van der Waals surface area contributed by atoms with Crippen LogP contribution < -0.4 is 10.6 Å². The number of hydrogen-bond donors (Lipinski definition) is 2. The number of aromatic amines is 1. The minimum Gasteiger partial charge on any atom is -0.374 e. The fourth-order valence-corrected chi connectivity index (χ4v) is 2.45. The predicted molar refractivity (Wildman–Crippen MR) is 68.2 cm³/mol. The SMILES string of the molecule is CN1CCCc2cc(C(N)c3nn[nH]n3)ccc21. The van der Waals surface area contributed by atoms with Gasteiger partial charge in [0.2, 0.25) is 0 Å². The summed E-state index contributed by atoms with van der Waals surface area (Å²) in [6.45, 7) is 1.11. The van der Waals surface area contributed by atoms with Gasteiger partial charge in [-0.2, -0.15) is 5.21 Å². The third kappa shape index (κ3) is 1.84. The molecular weight excluding hydrogens is 228 g/mol. The van der Waals surface area contributed by atoms with E-state index >= 15 is 0 Å². The maximum absolute atomic E-state index is 6.13. The molecule has 0 amide bonds. The molecule has 94 valence electrons. The molecule has 0 bridgehead atoms. The Morgan fingerprint density at radius 1 is 1.44 bits per heavy atom. The second kappa shape index (κ2) is 4.38. The van der Waals surface area contributed by atoms with Crippen LogP contribution >= 0.6 is 0 Å². The molecule has 1 aliphatic heterocycles. The molecule has 2 aromatic rings. The molecule has 0 fully saturated rings. The van der Waals surface area contributed by atoms with Crippen molar-refractivity contribution in [1.82, 2.24) is 20.6 Å². The molecule has 18 heavy (non-hydrogen) atoms. The molecule has 0 aliphatic carbocycles. The van der Waals surface area contributed by atoms with Gasteiger partial charge in [0.05, 0.1) is 6.04 Å². The van der Waals surface area contributed by atoms with E-state index in [1.807, 2.05) is 6.07 Å². The van der Waals surface area contributed by atoms with Crippen molar-refractivity contribution >= 4 is 5.69 Å². The van der Waals surface area contributed by atoms with Crippen molar-refractivity contribution in [3.05, 3.63) is 35.2 Å². The first-order valence-corrected chi connectivity index (χ1v) is 6.08. The Balaban J connectivity index is 1.95. The maximum Gasteiger partial charge on any atom is 0.195 e. The van der Waals surface area contributed by atoms with E-state index in [4.69, 9.17) is 5.73 Å². The predicted octanol–water partition coefficient (Wildman–Crippen LogP) is 0.630. The van der Waals surface area contributed by atoms with E-state index in [0.717, 1.165) is 18.5 Å². The summed E-state index contributed by atoms with van der Waals surface area (Å²) in [5.41, 5.74) is 9.81. The number of tetrazole rings is 1. The molecule has 3 N–H and O–H groups in total. The van der Waals surface area contributed by atoms with Crippen LogP contribution in [0.5, 0.6) is 0 Å². The third-order valence-corrected chi connectivity index (χ3v) is 3.45. The first-order valence-electron chi connectivity index (χ1n) is 6.08. The van der Waals surface area contributed by atoms with Gasteiger partial charge in [-0.1, -0.05) is 17.3 Å². The first-order chi connectivity index (χ1) is 8.75. The minimum absolute atomic E-state index is 0.318. The van der Waals surface area contributed by atoms with E-state index in [1.165, 1.54) is 17.7 Å². The molecule has 0 saturated heterocycles. The minimum atomic E-state index is -0.318. The van der Waals surface area contributed by atoms with Crippen molar-refractivity contribution in [3.8, 4) is 0 Å². The molecule has 0 saturated carbocycles.